The average molecular weight is 384 g/mol. The fraction of sp³-hybridized carbons (Fsp3) is 0.708. The number of fused-ring (bicyclic) bond motifs is 3. The zero-order valence-electron chi connectivity index (χ0n) is 17.2. The van der Waals surface area contributed by atoms with Crippen LogP contribution >= 0.6 is 0 Å². The number of carbonyl (C=O) groups excluding carboxylic acids is 1. The molecular formula is C24H33NO3. The summed E-state index contributed by atoms with van der Waals surface area (Å²) in [4.78, 5) is 12.2. The van der Waals surface area contributed by atoms with Gasteiger partial charge in [-0.3, -0.25) is 4.79 Å². The van der Waals surface area contributed by atoms with Crippen LogP contribution in [0.25, 0.3) is 0 Å². The van der Waals surface area contributed by atoms with Crippen LogP contribution in [-0.4, -0.2) is 32.3 Å². The third-order valence-electron chi connectivity index (χ3n) is 7.93. The predicted molar refractivity (Wildman–Crippen MR) is 108 cm³/mol. The van der Waals surface area contributed by atoms with Crippen molar-refractivity contribution >= 4 is 5.97 Å². The highest BCUT2D eigenvalue weighted by atomic mass is 16.5. The highest BCUT2D eigenvalue weighted by molar-refractivity contribution is 5.73. The fourth-order valence-electron chi connectivity index (χ4n) is 6.38. The third kappa shape index (κ3) is 3.24. The first-order valence-corrected chi connectivity index (χ1v) is 11.2. The molecule has 28 heavy (non-hydrogen) atoms. The fourth-order valence-corrected chi connectivity index (χ4v) is 6.38. The molecule has 1 N–H and O–H groups in total. The summed E-state index contributed by atoms with van der Waals surface area (Å²) >= 11 is 0. The lowest BCUT2D eigenvalue weighted by molar-refractivity contribution is -0.145. The van der Waals surface area contributed by atoms with E-state index in [2.05, 4.69) is 23.5 Å². The van der Waals surface area contributed by atoms with Gasteiger partial charge in [0.15, 0.2) is 0 Å². The van der Waals surface area contributed by atoms with Gasteiger partial charge in [-0.25, -0.2) is 0 Å². The number of carbonyl (C=O) groups is 1. The van der Waals surface area contributed by atoms with Crippen LogP contribution in [0.5, 0.6) is 5.75 Å². The van der Waals surface area contributed by atoms with Gasteiger partial charge >= 0.3 is 5.97 Å². The molecule has 4 aliphatic rings. The Morgan fingerprint density at radius 2 is 1.89 bits per heavy atom. The highest BCUT2D eigenvalue weighted by Gasteiger charge is 2.45. The Morgan fingerprint density at radius 1 is 1.14 bits per heavy atom. The van der Waals surface area contributed by atoms with Crippen LogP contribution in [0.15, 0.2) is 18.2 Å². The second-order valence-corrected chi connectivity index (χ2v) is 9.57. The first kappa shape index (κ1) is 18.5. The van der Waals surface area contributed by atoms with E-state index >= 15 is 0 Å². The second kappa shape index (κ2) is 7.37. The zero-order valence-corrected chi connectivity index (χ0v) is 17.2. The van der Waals surface area contributed by atoms with Crippen LogP contribution in [0.2, 0.25) is 0 Å². The van der Waals surface area contributed by atoms with Gasteiger partial charge in [0.05, 0.1) is 13.0 Å². The maximum absolute atomic E-state index is 12.2. The molecule has 152 valence electrons. The molecule has 2 heterocycles. The lowest BCUT2D eigenvalue weighted by Gasteiger charge is -2.39. The number of methoxy groups -OCH3 is 1. The quantitative estimate of drug-likeness (QED) is 0.783. The Balaban J connectivity index is 1.39. The molecule has 3 fully saturated rings. The average Bonchev–Trinajstić information content (AvgIpc) is 3.52. The van der Waals surface area contributed by atoms with Gasteiger partial charge < -0.3 is 14.8 Å². The molecule has 3 unspecified atom stereocenters. The predicted octanol–water partition coefficient (Wildman–Crippen LogP) is 3.93. The van der Waals surface area contributed by atoms with Crippen molar-refractivity contribution in [3.8, 4) is 5.75 Å². The molecule has 2 saturated carbocycles. The molecule has 0 radical (unpaired) electrons. The van der Waals surface area contributed by atoms with Crippen LogP contribution in [-0.2, 0) is 16.0 Å². The maximum Gasteiger partial charge on any atom is 0.309 e. The molecule has 2 aliphatic carbocycles. The van der Waals surface area contributed by atoms with Gasteiger partial charge in [0, 0.05) is 5.92 Å². The highest BCUT2D eigenvalue weighted by Crippen LogP contribution is 2.49. The molecule has 2 bridgehead atoms. The van der Waals surface area contributed by atoms with Gasteiger partial charge in [0.25, 0.3) is 0 Å². The molecule has 1 aromatic rings. The van der Waals surface area contributed by atoms with Gasteiger partial charge in [-0.2, -0.15) is 0 Å². The summed E-state index contributed by atoms with van der Waals surface area (Å²) in [5.41, 5.74) is 2.59. The number of piperidine rings is 1. The Morgan fingerprint density at radius 3 is 2.57 bits per heavy atom. The lowest BCUT2D eigenvalue weighted by atomic mass is 9.78. The van der Waals surface area contributed by atoms with Crippen LogP contribution in [0.3, 0.4) is 0 Å². The van der Waals surface area contributed by atoms with E-state index in [4.69, 9.17) is 9.47 Å². The van der Waals surface area contributed by atoms with Crippen LogP contribution in [0.4, 0.5) is 0 Å². The summed E-state index contributed by atoms with van der Waals surface area (Å²) in [6.45, 7) is 4.34. The van der Waals surface area contributed by atoms with Gasteiger partial charge in [0.2, 0.25) is 0 Å². The van der Waals surface area contributed by atoms with Crippen molar-refractivity contribution in [2.24, 2.45) is 29.6 Å². The normalized spacial score (nSPS) is 33.5. The second-order valence-electron chi connectivity index (χ2n) is 9.57. The third-order valence-corrected chi connectivity index (χ3v) is 7.93. The minimum absolute atomic E-state index is 0.0975. The first-order valence-electron chi connectivity index (χ1n) is 11.2. The Labute approximate surface area is 168 Å². The largest absolute Gasteiger partial charge is 0.490 e. The maximum atomic E-state index is 12.2. The van der Waals surface area contributed by atoms with Crippen LogP contribution < -0.4 is 10.1 Å². The summed E-state index contributed by atoms with van der Waals surface area (Å²) in [5, 5.41) is 3.61. The van der Waals surface area contributed by atoms with Crippen molar-refractivity contribution in [1.29, 1.82) is 0 Å². The SMILES string of the molecule is COC(=O)[C@@H](C)[C@H](c1ccc2c(c1)OC(C1C3CCC1CNC3)CC2)C1CC1. The van der Waals surface area contributed by atoms with E-state index in [1.807, 2.05) is 6.92 Å². The molecule has 1 saturated heterocycles. The van der Waals surface area contributed by atoms with Crippen LogP contribution in [0.1, 0.15) is 56.1 Å². The smallest absolute Gasteiger partial charge is 0.309 e. The summed E-state index contributed by atoms with van der Waals surface area (Å²) in [5.74, 6) is 4.01. The van der Waals surface area contributed by atoms with Crippen molar-refractivity contribution < 1.29 is 14.3 Å². The van der Waals surface area contributed by atoms with E-state index in [1.165, 1.54) is 43.9 Å². The minimum atomic E-state index is -0.102. The lowest BCUT2D eigenvalue weighted by Crippen LogP contribution is -2.46. The number of hydrogen-bond acceptors (Lipinski definition) is 4. The Kier molecular flexibility index (Phi) is 4.86. The van der Waals surface area contributed by atoms with E-state index in [-0.39, 0.29) is 17.8 Å². The van der Waals surface area contributed by atoms with Gasteiger partial charge in [-0.05, 0) is 92.5 Å². The van der Waals surface area contributed by atoms with Crippen molar-refractivity contribution in [3.05, 3.63) is 29.3 Å². The van der Waals surface area contributed by atoms with Crippen molar-refractivity contribution in [2.75, 3.05) is 20.2 Å². The molecule has 0 spiro atoms. The first-order chi connectivity index (χ1) is 13.7. The van der Waals surface area contributed by atoms with E-state index in [1.54, 1.807) is 0 Å². The summed E-state index contributed by atoms with van der Waals surface area (Å²) < 4.78 is 11.7. The summed E-state index contributed by atoms with van der Waals surface area (Å²) in [7, 11) is 1.50. The molecular weight excluding hydrogens is 350 g/mol. The number of benzene rings is 1. The van der Waals surface area contributed by atoms with E-state index in [0.717, 1.165) is 43.5 Å². The molecule has 0 aromatic heterocycles. The standard InChI is InChI=1S/C24H33NO3/c1-14(24(26)27-2)22(16-4-5-16)17-6-3-15-9-10-20(28-21(15)11-17)23-18-7-8-19(23)13-25-12-18/h3,6,11,14,16,18-20,22-23,25H,4-5,7-10,12-13H2,1-2H3/t14-,18?,19?,20?,22-,23?/m0/s1. The molecule has 5 atom stereocenters. The number of rotatable bonds is 5. The molecule has 4 heteroatoms. The van der Waals surface area contributed by atoms with Gasteiger partial charge in [0.1, 0.15) is 11.9 Å². The van der Waals surface area contributed by atoms with E-state index < -0.39 is 0 Å². The van der Waals surface area contributed by atoms with Crippen molar-refractivity contribution in [3.63, 3.8) is 0 Å². The Bertz CT molecular complexity index is 727. The molecule has 5 rings (SSSR count). The number of ether oxygens (including phenoxy) is 2. The Hall–Kier alpha value is -1.55. The number of hydrogen-bond donors (Lipinski definition) is 1. The molecule has 2 aliphatic heterocycles. The number of nitrogens with one attached hydrogen (secondary N) is 1. The number of aryl methyl sites for hydroxylation is 1. The monoisotopic (exact) mass is 383 g/mol. The topological polar surface area (TPSA) is 47.6 Å². The minimum Gasteiger partial charge on any atom is -0.490 e. The molecule has 0 amide bonds. The van der Waals surface area contributed by atoms with Crippen molar-refractivity contribution in [2.45, 2.75) is 57.5 Å². The van der Waals surface area contributed by atoms with Crippen LogP contribution in [0, 0.1) is 29.6 Å². The molecule has 1 aromatic carbocycles. The van der Waals surface area contributed by atoms with Gasteiger partial charge in [-0.1, -0.05) is 19.1 Å². The number of esters is 1. The van der Waals surface area contributed by atoms with Gasteiger partial charge in [-0.15, -0.1) is 0 Å². The zero-order chi connectivity index (χ0) is 19.3. The molecule has 4 nitrogen and oxygen atoms in total. The van der Waals surface area contributed by atoms with E-state index in [0.29, 0.717) is 17.9 Å². The van der Waals surface area contributed by atoms with E-state index in [9.17, 15) is 4.79 Å². The summed E-state index contributed by atoms with van der Waals surface area (Å²) in [6.07, 6.45) is 7.76. The van der Waals surface area contributed by atoms with Crippen molar-refractivity contribution in [1.82, 2.24) is 5.32 Å². The summed E-state index contributed by atoms with van der Waals surface area (Å²) in [6, 6.07) is 6.74.